The van der Waals surface area contributed by atoms with Gasteiger partial charge in [-0.3, -0.25) is 0 Å². The number of ether oxygens (including phenoxy) is 2. The van der Waals surface area contributed by atoms with E-state index in [1.54, 1.807) is 0 Å². The summed E-state index contributed by atoms with van der Waals surface area (Å²) in [5.41, 5.74) is 1.61. The molecule has 0 radical (unpaired) electrons. The fourth-order valence-corrected chi connectivity index (χ4v) is 5.79. The molecule has 41 heavy (non-hydrogen) atoms. The van der Waals surface area contributed by atoms with Crippen molar-refractivity contribution in [2.75, 3.05) is 37.0 Å². The van der Waals surface area contributed by atoms with Crippen molar-refractivity contribution in [3.63, 3.8) is 0 Å². The van der Waals surface area contributed by atoms with E-state index in [2.05, 4.69) is 40.0 Å². The lowest BCUT2D eigenvalue weighted by atomic mass is 9.82. The van der Waals surface area contributed by atoms with E-state index in [0.29, 0.717) is 51.3 Å². The Morgan fingerprint density at radius 3 is 2.59 bits per heavy atom. The van der Waals surface area contributed by atoms with Crippen molar-refractivity contribution in [2.45, 2.75) is 88.9 Å². The molecule has 3 heterocycles. The fourth-order valence-electron chi connectivity index (χ4n) is 5.79. The van der Waals surface area contributed by atoms with Crippen LogP contribution < -0.4 is 16.0 Å². The zero-order chi connectivity index (χ0) is 28.9. The molecule has 2 saturated carbocycles. The average molecular weight is 563 g/mol. The van der Waals surface area contributed by atoms with Gasteiger partial charge in [0.1, 0.15) is 11.6 Å². The number of rotatable bonds is 12. The van der Waals surface area contributed by atoms with Crippen LogP contribution in [0.2, 0.25) is 0 Å². The lowest BCUT2D eigenvalue weighted by Gasteiger charge is -2.32. The average Bonchev–Trinajstić information content (AvgIpc) is 3.79. The van der Waals surface area contributed by atoms with Gasteiger partial charge in [-0.1, -0.05) is 6.07 Å². The Kier molecular flexibility index (Phi) is 9.07. The Morgan fingerprint density at radius 2 is 1.90 bits per heavy atom. The van der Waals surface area contributed by atoms with Crippen molar-refractivity contribution in [2.24, 2.45) is 5.41 Å². The Bertz CT molecular complexity index is 1250. The van der Waals surface area contributed by atoms with Gasteiger partial charge in [0.15, 0.2) is 5.60 Å². The van der Waals surface area contributed by atoms with E-state index in [-0.39, 0.29) is 6.04 Å². The van der Waals surface area contributed by atoms with Crippen molar-refractivity contribution in [1.82, 2.24) is 15.3 Å². The number of hydrogen-bond donors (Lipinski definition) is 4. The van der Waals surface area contributed by atoms with Crippen LogP contribution in [0.4, 0.5) is 11.6 Å². The molecular weight excluding hydrogens is 520 g/mol. The maximum absolute atomic E-state index is 11.3. The molecule has 1 atom stereocenters. The molecule has 5 rings (SSSR count). The smallest absolute Gasteiger partial charge is 0.335 e. The van der Waals surface area contributed by atoms with Crippen molar-refractivity contribution < 1.29 is 19.4 Å². The molecule has 0 unspecified atom stereocenters. The number of hydrogen-bond acceptors (Lipinski definition) is 9. The number of carbonyl (C=O) groups is 1. The van der Waals surface area contributed by atoms with E-state index < -0.39 is 17.0 Å². The molecule has 10 heteroatoms. The molecule has 0 bridgehead atoms. The monoisotopic (exact) mass is 562 g/mol. The van der Waals surface area contributed by atoms with E-state index in [4.69, 9.17) is 14.5 Å². The highest BCUT2D eigenvalue weighted by atomic mass is 16.5. The molecular formula is C31H42N6O4. The van der Waals surface area contributed by atoms with Gasteiger partial charge in [0.05, 0.1) is 23.8 Å². The van der Waals surface area contributed by atoms with Crippen molar-refractivity contribution in [3.8, 4) is 17.3 Å². The van der Waals surface area contributed by atoms with Gasteiger partial charge in [0.2, 0.25) is 0 Å². The number of aromatic nitrogens is 2. The third-order valence-electron chi connectivity index (χ3n) is 8.73. The predicted molar refractivity (Wildman–Crippen MR) is 157 cm³/mol. The Morgan fingerprint density at radius 1 is 1.17 bits per heavy atom. The fraction of sp³-hybridized carbons (Fsp3) is 0.613. The lowest BCUT2D eigenvalue weighted by Crippen LogP contribution is -2.44. The number of aliphatic carboxylic acids is 1. The van der Waals surface area contributed by atoms with E-state index >= 15 is 0 Å². The summed E-state index contributed by atoms with van der Waals surface area (Å²) >= 11 is 0. The summed E-state index contributed by atoms with van der Waals surface area (Å²) in [7, 11) is 0. The van der Waals surface area contributed by atoms with Crippen molar-refractivity contribution >= 4 is 17.6 Å². The molecule has 3 fully saturated rings. The summed E-state index contributed by atoms with van der Waals surface area (Å²) in [6, 6.07) is 11.4. The van der Waals surface area contributed by atoms with Crippen molar-refractivity contribution in [1.29, 1.82) is 5.26 Å². The SMILES string of the molecule is Cc1cnc(NC2CCC(N[C@@H](C)COC3(C(=O)O)CC3)CC2)cc1-c1cccc(NCC2(C#N)CCOCC2)n1. The predicted octanol–water partition coefficient (Wildman–Crippen LogP) is 4.52. The highest BCUT2D eigenvalue weighted by Gasteiger charge is 2.52. The quantitative estimate of drug-likeness (QED) is 0.292. The first-order chi connectivity index (χ1) is 19.8. The number of carboxylic acids is 1. The van der Waals surface area contributed by atoms with Crippen LogP contribution in [-0.4, -0.2) is 71.1 Å². The van der Waals surface area contributed by atoms with Gasteiger partial charge < -0.3 is 30.5 Å². The Hall–Kier alpha value is -3.26. The number of nitriles is 1. The molecule has 0 aromatic carbocycles. The summed E-state index contributed by atoms with van der Waals surface area (Å²) in [6.07, 6.45) is 8.70. The van der Waals surface area contributed by atoms with Gasteiger partial charge in [-0.25, -0.2) is 14.8 Å². The molecule has 10 nitrogen and oxygen atoms in total. The number of aryl methyl sites for hydroxylation is 1. The summed E-state index contributed by atoms with van der Waals surface area (Å²) in [5, 5.41) is 29.7. The third-order valence-corrected chi connectivity index (χ3v) is 8.73. The second-order valence-electron chi connectivity index (χ2n) is 12.0. The first-order valence-corrected chi connectivity index (χ1v) is 14.9. The molecule has 1 saturated heterocycles. The molecule has 220 valence electrons. The van der Waals surface area contributed by atoms with Gasteiger partial charge in [-0.15, -0.1) is 0 Å². The maximum Gasteiger partial charge on any atom is 0.335 e. The van der Waals surface area contributed by atoms with Gasteiger partial charge in [-0.2, -0.15) is 5.26 Å². The minimum atomic E-state index is -0.935. The normalized spacial score (nSPS) is 23.6. The van der Waals surface area contributed by atoms with E-state index in [1.165, 1.54) is 0 Å². The Labute approximate surface area is 242 Å². The summed E-state index contributed by atoms with van der Waals surface area (Å²) in [5.74, 6) is 0.761. The number of nitrogens with one attached hydrogen (secondary N) is 3. The van der Waals surface area contributed by atoms with Crippen LogP contribution in [0.3, 0.4) is 0 Å². The standard InChI is InChI=1S/C31H42N6O4/c1-21-17-33-28(36-24-8-6-23(7-9-24)35-22(2)18-41-31(10-11-31)29(38)39)16-25(21)26-4-3-5-27(37-26)34-20-30(19-32)12-14-40-15-13-30/h3-5,16-17,22-24,35H,6-15,18,20H2,1-2H3,(H,33,36)(H,34,37)(H,38,39)/t22-,23?,24?/m0/s1. The molecule has 2 aromatic heterocycles. The zero-order valence-corrected chi connectivity index (χ0v) is 24.1. The summed E-state index contributed by atoms with van der Waals surface area (Å²) < 4.78 is 11.2. The van der Waals surface area contributed by atoms with Crippen LogP contribution in [0.5, 0.6) is 0 Å². The maximum atomic E-state index is 11.3. The lowest BCUT2D eigenvalue weighted by molar-refractivity contribution is -0.154. The minimum Gasteiger partial charge on any atom is -0.479 e. The first-order valence-electron chi connectivity index (χ1n) is 14.9. The molecule has 3 aliphatic rings. The highest BCUT2D eigenvalue weighted by molar-refractivity contribution is 5.80. The Balaban J connectivity index is 1.13. The molecule has 4 N–H and O–H groups in total. The minimum absolute atomic E-state index is 0.113. The van der Waals surface area contributed by atoms with Crippen molar-refractivity contribution in [3.05, 3.63) is 36.0 Å². The van der Waals surface area contributed by atoms with Crippen LogP contribution in [0, 0.1) is 23.7 Å². The van der Waals surface area contributed by atoms with E-state index in [0.717, 1.165) is 67.0 Å². The summed E-state index contributed by atoms with van der Waals surface area (Å²) in [4.78, 5) is 20.8. The second-order valence-corrected chi connectivity index (χ2v) is 12.0. The number of pyridine rings is 2. The van der Waals surface area contributed by atoms with Gasteiger partial charge >= 0.3 is 5.97 Å². The van der Waals surface area contributed by atoms with Gasteiger partial charge in [0.25, 0.3) is 0 Å². The van der Waals surface area contributed by atoms with Crippen LogP contribution in [-0.2, 0) is 14.3 Å². The molecule has 1 aliphatic heterocycles. The third kappa shape index (κ3) is 7.34. The van der Waals surface area contributed by atoms with Crippen LogP contribution in [0.25, 0.3) is 11.3 Å². The van der Waals surface area contributed by atoms with E-state index in [9.17, 15) is 15.2 Å². The number of carboxylic acid groups (broad SMARTS) is 1. The number of nitrogens with zero attached hydrogens (tertiary/aromatic N) is 3. The number of anilines is 2. The molecule has 0 amide bonds. The van der Waals surface area contributed by atoms with Gasteiger partial charge in [-0.05, 0) is 89.0 Å². The molecule has 2 aliphatic carbocycles. The topological polar surface area (TPSA) is 141 Å². The van der Waals surface area contributed by atoms with Crippen LogP contribution >= 0.6 is 0 Å². The molecule has 2 aromatic rings. The first kappa shape index (κ1) is 29.2. The van der Waals surface area contributed by atoms with E-state index in [1.807, 2.05) is 31.3 Å². The van der Waals surface area contributed by atoms with Gasteiger partial charge in [0, 0.05) is 49.6 Å². The molecule has 0 spiro atoms. The summed E-state index contributed by atoms with van der Waals surface area (Å²) in [6.45, 7) is 6.32. The van der Waals surface area contributed by atoms with Crippen LogP contribution in [0.1, 0.15) is 63.9 Å². The second kappa shape index (κ2) is 12.7. The highest BCUT2D eigenvalue weighted by Crippen LogP contribution is 2.40. The zero-order valence-electron chi connectivity index (χ0n) is 24.1. The largest absolute Gasteiger partial charge is 0.479 e. The van der Waals surface area contributed by atoms with Crippen LogP contribution in [0.15, 0.2) is 30.5 Å².